The number of anilines is 1. The van der Waals surface area contributed by atoms with Gasteiger partial charge < -0.3 is 19.8 Å². The zero-order valence-corrected chi connectivity index (χ0v) is 15.4. The largest absolute Gasteiger partial charge is 0.361 e. The predicted octanol–water partition coefficient (Wildman–Crippen LogP) is 2.93. The van der Waals surface area contributed by atoms with E-state index in [0.717, 1.165) is 59.2 Å². The van der Waals surface area contributed by atoms with Crippen LogP contribution in [-0.4, -0.2) is 55.9 Å². The van der Waals surface area contributed by atoms with Crippen LogP contribution in [0.15, 0.2) is 49.1 Å². The lowest BCUT2D eigenvalue weighted by molar-refractivity contribution is 0.0626. The Balaban J connectivity index is 1.33. The second-order valence-electron chi connectivity index (χ2n) is 7.78. The molecule has 3 aromatic heterocycles. The van der Waals surface area contributed by atoms with E-state index in [-0.39, 0.29) is 11.4 Å². The molecule has 7 heteroatoms. The van der Waals surface area contributed by atoms with Crippen LogP contribution < -0.4 is 4.90 Å². The minimum Gasteiger partial charge on any atom is -0.361 e. The molecule has 7 nitrogen and oxygen atoms in total. The first-order valence-corrected chi connectivity index (χ1v) is 9.66. The molecular formula is C21H20N6O. The molecule has 0 bridgehead atoms. The normalized spacial score (nSPS) is 18.3. The number of hydrogen-bond acceptors (Lipinski definition) is 4. The molecule has 140 valence electrons. The van der Waals surface area contributed by atoms with Crippen LogP contribution in [0, 0.1) is 0 Å². The van der Waals surface area contributed by atoms with Gasteiger partial charge in [0, 0.05) is 48.5 Å². The number of aromatic nitrogens is 4. The first-order chi connectivity index (χ1) is 13.8. The van der Waals surface area contributed by atoms with Crippen LogP contribution >= 0.6 is 0 Å². The number of piperazine rings is 1. The van der Waals surface area contributed by atoms with Gasteiger partial charge in [0.25, 0.3) is 5.91 Å². The van der Waals surface area contributed by atoms with Crippen molar-refractivity contribution in [2.75, 3.05) is 24.5 Å². The molecule has 6 rings (SSSR count). The fourth-order valence-corrected chi connectivity index (χ4v) is 4.58. The van der Waals surface area contributed by atoms with E-state index in [1.54, 1.807) is 6.33 Å². The second-order valence-corrected chi connectivity index (χ2v) is 7.78. The van der Waals surface area contributed by atoms with Crippen molar-refractivity contribution in [1.29, 1.82) is 0 Å². The van der Waals surface area contributed by atoms with Crippen LogP contribution in [0.2, 0.25) is 0 Å². The van der Waals surface area contributed by atoms with Crippen LogP contribution in [0.4, 0.5) is 5.82 Å². The van der Waals surface area contributed by atoms with E-state index in [2.05, 4.69) is 29.7 Å². The molecule has 0 unspecified atom stereocenters. The summed E-state index contributed by atoms with van der Waals surface area (Å²) in [7, 11) is 0. The quantitative estimate of drug-likeness (QED) is 0.567. The summed E-state index contributed by atoms with van der Waals surface area (Å²) < 4.78 is 0. The molecule has 28 heavy (non-hydrogen) atoms. The van der Waals surface area contributed by atoms with E-state index in [1.165, 1.54) is 0 Å². The molecule has 2 aliphatic rings. The number of nitrogens with one attached hydrogen (secondary N) is 2. The molecule has 0 atom stereocenters. The number of nitrogens with zero attached hydrogens (tertiary/aromatic N) is 4. The maximum Gasteiger partial charge on any atom is 0.255 e. The van der Waals surface area contributed by atoms with Crippen molar-refractivity contribution in [3.63, 3.8) is 0 Å². The lowest BCUT2D eigenvalue weighted by Crippen LogP contribution is -2.57. The maximum atomic E-state index is 13.4. The summed E-state index contributed by atoms with van der Waals surface area (Å²) >= 11 is 0. The fraction of sp³-hybridized carbons (Fsp3) is 0.286. The van der Waals surface area contributed by atoms with Gasteiger partial charge >= 0.3 is 0 Å². The van der Waals surface area contributed by atoms with E-state index in [1.807, 2.05) is 42.7 Å². The third-order valence-electron chi connectivity index (χ3n) is 6.18. The van der Waals surface area contributed by atoms with Gasteiger partial charge in [-0.05, 0) is 37.1 Å². The number of aromatic amines is 2. The van der Waals surface area contributed by atoms with Gasteiger partial charge in [-0.25, -0.2) is 9.97 Å². The van der Waals surface area contributed by atoms with Crippen molar-refractivity contribution in [2.24, 2.45) is 0 Å². The number of carbonyl (C=O) groups is 1. The van der Waals surface area contributed by atoms with E-state index in [4.69, 9.17) is 0 Å². The monoisotopic (exact) mass is 372 g/mol. The standard InChI is InChI=1S/C21H20N6O/c28-20(15-2-1-3-17-14(15)4-8-22-17)27-11-10-26(12-21(27)6-7-21)19-16-5-9-23-18(16)24-13-25-19/h1-5,8-9,13,22H,6-7,10-12H2,(H,23,24,25). The number of fused-ring (bicyclic) bond motifs is 2. The minimum atomic E-state index is -0.0820. The predicted molar refractivity (Wildman–Crippen MR) is 107 cm³/mol. The molecule has 1 saturated heterocycles. The van der Waals surface area contributed by atoms with Gasteiger partial charge in [0.15, 0.2) is 0 Å². The van der Waals surface area contributed by atoms with Crippen LogP contribution in [0.5, 0.6) is 0 Å². The maximum absolute atomic E-state index is 13.4. The van der Waals surface area contributed by atoms with Gasteiger partial charge in [-0.2, -0.15) is 0 Å². The highest BCUT2D eigenvalue weighted by Gasteiger charge is 2.53. The summed E-state index contributed by atoms with van der Waals surface area (Å²) in [6.45, 7) is 2.29. The van der Waals surface area contributed by atoms with Crippen LogP contribution in [0.3, 0.4) is 0 Å². The topological polar surface area (TPSA) is 80.9 Å². The number of hydrogen-bond donors (Lipinski definition) is 2. The molecule has 1 amide bonds. The highest BCUT2D eigenvalue weighted by Crippen LogP contribution is 2.46. The smallest absolute Gasteiger partial charge is 0.255 e. The van der Waals surface area contributed by atoms with E-state index >= 15 is 0 Å². The van der Waals surface area contributed by atoms with Crippen LogP contribution in [0.25, 0.3) is 21.9 Å². The number of rotatable bonds is 2. The lowest BCUT2D eigenvalue weighted by atomic mass is 10.0. The van der Waals surface area contributed by atoms with Gasteiger partial charge in [-0.1, -0.05) is 6.07 Å². The van der Waals surface area contributed by atoms with Crippen molar-refractivity contribution in [1.82, 2.24) is 24.8 Å². The summed E-state index contributed by atoms with van der Waals surface area (Å²) in [5.74, 6) is 1.09. The summed E-state index contributed by atoms with van der Waals surface area (Å²) in [5, 5.41) is 2.03. The van der Waals surface area contributed by atoms with E-state index in [0.29, 0.717) is 6.54 Å². The van der Waals surface area contributed by atoms with Crippen molar-refractivity contribution in [3.8, 4) is 0 Å². The molecule has 1 spiro atoms. The Hall–Kier alpha value is -3.35. The Labute approximate surface area is 161 Å². The van der Waals surface area contributed by atoms with Crippen molar-refractivity contribution < 1.29 is 4.79 Å². The summed E-state index contributed by atoms with van der Waals surface area (Å²) in [4.78, 5) is 33.0. The molecule has 1 aromatic carbocycles. The molecule has 0 radical (unpaired) electrons. The SMILES string of the molecule is O=C(c1cccc2[nH]ccc12)N1CCN(c2ncnc3[nH]ccc23)CC12CC2. The zero-order valence-electron chi connectivity index (χ0n) is 15.4. The fourth-order valence-electron chi connectivity index (χ4n) is 4.58. The number of carbonyl (C=O) groups excluding carboxylic acids is 1. The third kappa shape index (κ3) is 2.19. The lowest BCUT2D eigenvalue weighted by Gasteiger charge is -2.43. The second kappa shape index (κ2) is 5.58. The Morgan fingerprint density at radius 1 is 1.00 bits per heavy atom. The molecule has 4 aromatic rings. The summed E-state index contributed by atoms with van der Waals surface area (Å²) in [6, 6.07) is 9.91. The Morgan fingerprint density at radius 2 is 1.86 bits per heavy atom. The van der Waals surface area contributed by atoms with Crippen molar-refractivity contribution in [2.45, 2.75) is 18.4 Å². The first kappa shape index (κ1) is 15.7. The molecule has 1 aliphatic carbocycles. The van der Waals surface area contributed by atoms with Gasteiger partial charge in [-0.3, -0.25) is 4.79 Å². The average molecular weight is 372 g/mol. The molecule has 2 fully saturated rings. The number of benzene rings is 1. The number of amides is 1. The van der Waals surface area contributed by atoms with Crippen LogP contribution in [-0.2, 0) is 0 Å². The number of H-pyrrole nitrogens is 2. The van der Waals surface area contributed by atoms with Gasteiger partial charge in [0.2, 0.25) is 0 Å². The van der Waals surface area contributed by atoms with Crippen LogP contribution in [0.1, 0.15) is 23.2 Å². The van der Waals surface area contributed by atoms with E-state index < -0.39 is 0 Å². The molecule has 1 saturated carbocycles. The third-order valence-corrected chi connectivity index (χ3v) is 6.18. The average Bonchev–Trinajstić information content (AvgIpc) is 3.13. The van der Waals surface area contributed by atoms with Gasteiger partial charge in [-0.15, -0.1) is 0 Å². The van der Waals surface area contributed by atoms with Crippen molar-refractivity contribution >= 4 is 33.7 Å². The minimum absolute atomic E-state index is 0.0820. The highest BCUT2D eigenvalue weighted by atomic mass is 16.2. The zero-order chi connectivity index (χ0) is 18.7. The Kier molecular flexibility index (Phi) is 3.12. The molecule has 4 heterocycles. The summed E-state index contributed by atoms with van der Waals surface area (Å²) in [6.07, 6.45) is 7.48. The molecular weight excluding hydrogens is 352 g/mol. The van der Waals surface area contributed by atoms with Crippen molar-refractivity contribution in [3.05, 3.63) is 54.6 Å². The molecule has 2 N–H and O–H groups in total. The first-order valence-electron chi connectivity index (χ1n) is 9.66. The molecule has 1 aliphatic heterocycles. The van der Waals surface area contributed by atoms with E-state index in [9.17, 15) is 4.79 Å². The highest BCUT2D eigenvalue weighted by molar-refractivity contribution is 6.07. The Morgan fingerprint density at radius 3 is 2.75 bits per heavy atom. The van der Waals surface area contributed by atoms with Gasteiger partial charge in [0.05, 0.1) is 10.9 Å². The summed E-state index contributed by atoms with van der Waals surface area (Å²) in [5.41, 5.74) is 2.56. The Bertz CT molecular complexity index is 1200. The van der Waals surface area contributed by atoms with Gasteiger partial charge in [0.1, 0.15) is 17.8 Å².